The Morgan fingerprint density at radius 3 is 2.89 bits per heavy atom. The second-order valence-electron chi connectivity index (χ2n) is 4.83. The quantitative estimate of drug-likeness (QED) is 0.677. The lowest BCUT2D eigenvalue weighted by molar-refractivity contribution is 0.0373. The van der Waals surface area contributed by atoms with Crippen LogP contribution in [-0.4, -0.2) is 41.7 Å². The number of aryl methyl sites for hydroxylation is 1. The van der Waals surface area contributed by atoms with Crippen LogP contribution in [0.1, 0.15) is 32.4 Å². The van der Waals surface area contributed by atoms with Crippen molar-refractivity contribution >= 4 is 15.9 Å². The summed E-state index contributed by atoms with van der Waals surface area (Å²) < 4.78 is 7.71. The van der Waals surface area contributed by atoms with Gasteiger partial charge in [0, 0.05) is 20.2 Å². The fourth-order valence-corrected chi connectivity index (χ4v) is 2.75. The molecule has 0 bridgehead atoms. The number of nitrogens with one attached hydrogen (secondary N) is 1. The van der Waals surface area contributed by atoms with Crippen molar-refractivity contribution < 1.29 is 9.84 Å². The van der Waals surface area contributed by atoms with Gasteiger partial charge in [-0.2, -0.15) is 5.10 Å². The molecule has 1 aromatic heterocycles. The maximum absolute atomic E-state index is 10.7. The number of methoxy groups -OCH3 is 1. The Kier molecular flexibility index (Phi) is 6.99. The van der Waals surface area contributed by atoms with E-state index in [-0.39, 0.29) is 0 Å². The van der Waals surface area contributed by atoms with Gasteiger partial charge in [0.15, 0.2) is 0 Å². The average Bonchev–Trinajstić information content (AvgIpc) is 2.71. The van der Waals surface area contributed by atoms with Gasteiger partial charge in [-0.15, -0.1) is 0 Å². The fraction of sp³-hybridized carbons (Fsp3) is 0.769. The number of rotatable bonds is 9. The fourth-order valence-electron chi connectivity index (χ4n) is 2.03. The number of nitrogens with zero attached hydrogens (tertiary/aromatic N) is 2. The second-order valence-corrected chi connectivity index (χ2v) is 5.69. The van der Waals surface area contributed by atoms with Gasteiger partial charge in [-0.1, -0.05) is 6.92 Å². The van der Waals surface area contributed by atoms with E-state index >= 15 is 0 Å². The third kappa shape index (κ3) is 4.87. The Morgan fingerprint density at radius 2 is 2.26 bits per heavy atom. The van der Waals surface area contributed by atoms with Crippen molar-refractivity contribution in [1.82, 2.24) is 15.1 Å². The zero-order valence-corrected chi connectivity index (χ0v) is 13.5. The molecule has 2 N–H and O–H groups in total. The van der Waals surface area contributed by atoms with Gasteiger partial charge in [0.1, 0.15) is 5.60 Å². The molecule has 6 heteroatoms. The van der Waals surface area contributed by atoms with Crippen LogP contribution in [0.3, 0.4) is 0 Å². The predicted octanol–water partition coefficient (Wildman–Crippen LogP) is 1.89. The molecule has 0 saturated carbocycles. The van der Waals surface area contributed by atoms with Crippen molar-refractivity contribution in [1.29, 1.82) is 0 Å². The van der Waals surface area contributed by atoms with Crippen molar-refractivity contribution in [2.24, 2.45) is 0 Å². The van der Waals surface area contributed by atoms with Crippen LogP contribution >= 0.6 is 15.9 Å². The standard InChI is InChI=1S/C13H24BrN3O2/c1-4-8-17-12(11(14)10-16-17)13(2,18)5-6-15-7-9-19-3/h10,15,18H,4-9H2,1-3H3. The number of ether oxygens (including phenoxy) is 1. The summed E-state index contributed by atoms with van der Waals surface area (Å²) in [6.45, 7) is 6.95. The maximum atomic E-state index is 10.7. The molecule has 0 radical (unpaired) electrons. The van der Waals surface area contributed by atoms with E-state index in [0.29, 0.717) is 13.0 Å². The van der Waals surface area contributed by atoms with Gasteiger partial charge in [-0.25, -0.2) is 0 Å². The zero-order chi connectivity index (χ0) is 14.3. The summed E-state index contributed by atoms with van der Waals surface area (Å²) in [5.41, 5.74) is -0.0483. The molecule has 19 heavy (non-hydrogen) atoms. The first-order valence-corrected chi connectivity index (χ1v) is 7.46. The van der Waals surface area contributed by atoms with E-state index in [2.05, 4.69) is 33.3 Å². The van der Waals surface area contributed by atoms with Gasteiger partial charge < -0.3 is 15.2 Å². The van der Waals surface area contributed by atoms with Gasteiger partial charge in [-0.05, 0) is 42.2 Å². The van der Waals surface area contributed by atoms with Crippen molar-refractivity contribution in [3.05, 3.63) is 16.4 Å². The molecule has 0 aliphatic carbocycles. The van der Waals surface area contributed by atoms with Gasteiger partial charge in [-0.3, -0.25) is 4.68 Å². The minimum Gasteiger partial charge on any atom is -0.384 e. The van der Waals surface area contributed by atoms with Crippen LogP contribution in [0.2, 0.25) is 0 Å². The van der Waals surface area contributed by atoms with Crippen LogP contribution in [0, 0.1) is 0 Å². The lowest BCUT2D eigenvalue weighted by Crippen LogP contribution is -2.32. The highest BCUT2D eigenvalue weighted by Gasteiger charge is 2.29. The number of aromatic nitrogens is 2. The molecular formula is C13H24BrN3O2. The molecule has 1 heterocycles. The molecule has 0 spiro atoms. The molecule has 5 nitrogen and oxygen atoms in total. The first-order chi connectivity index (χ1) is 9.03. The molecule has 1 rings (SSSR count). The molecule has 0 saturated heterocycles. The summed E-state index contributed by atoms with van der Waals surface area (Å²) in [5.74, 6) is 0. The van der Waals surface area contributed by atoms with E-state index in [1.165, 1.54) is 0 Å². The third-order valence-corrected chi connectivity index (χ3v) is 3.59. The Bertz CT molecular complexity index is 380. The van der Waals surface area contributed by atoms with Crippen LogP contribution in [0.5, 0.6) is 0 Å². The highest BCUT2D eigenvalue weighted by Crippen LogP contribution is 2.30. The lowest BCUT2D eigenvalue weighted by Gasteiger charge is -2.25. The van der Waals surface area contributed by atoms with Crippen LogP contribution in [0.15, 0.2) is 10.7 Å². The van der Waals surface area contributed by atoms with Crippen LogP contribution in [-0.2, 0) is 16.9 Å². The van der Waals surface area contributed by atoms with Crippen molar-refractivity contribution in [3.63, 3.8) is 0 Å². The summed E-state index contributed by atoms with van der Waals surface area (Å²) in [5, 5.41) is 18.2. The van der Waals surface area contributed by atoms with Crippen molar-refractivity contribution in [3.8, 4) is 0 Å². The molecule has 0 aliphatic rings. The third-order valence-electron chi connectivity index (χ3n) is 3.01. The summed E-state index contributed by atoms with van der Waals surface area (Å²) in [6.07, 6.45) is 3.37. The molecule has 1 atom stereocenters. The Labute approximate surface area is 123 Å². The van der Waals surface area contributed by atoms with Gasteiger partial charge in [0.05, 0.1) is 23.0 Å². The van der Waals surface area contributed by atoms with E-state index in [4.69, 9.17) is 4.74 Å². The second kappa shape index (κ2) is 7.99. The van der Waals surface area contributed by atoms with Gasteiger partial charge in [0.25, 0.3) is 0 Å². The van der Waals surface area contributed by atoms with Crippen molar-refractivity contribution in [2.75, 3.05) is 26.8 Å². The lowest BCUT2D eigenvalue weighted by atomic mass is 9.98. The van der Waals surface area contributed by atoms with Gasteiger partial charge >= 0.3 is 0 Å². The number of hydrogen-bond donors (Lipinski definition) is 2. The number of hydrogen-bond acceptors (Lipinski definition) is 4. The minimum absolute atomic E-state index is 0.630. The van der Waals surface area contributed by atoms with E-state index in [0.717, 1.165) is 36.2 Å². The van der Waals surface area contributed by atoms with E-state index in [1.807, 2.05) is 11.6 Å². The molecule has 0 amide bonds. The SMILES string of the molecule is CCCn1ncc(Br)c1C(C)(O)CCNCCOC. The summed E-state index contributed by atoms with van der Waals surface area (Å²) >= 11 is 3.47. The summed E-state index contributed by atoms with van der Waals surface area (Å²) in [7, 11) is 1.68. The molecule has 110 valence electrons. The highest BCUT2D eigenvalue weighted by molar-refractivity contribution is 9.10. The molecule has 1 unspecified atom stereocenters. The largest absolute Gasteiger partial charge is 0.384 e. The van der Waals surface area contributed by atoms with Gasteiger partial charge in [0.2, 0.25) is 0 Å². The molecule has 0 aliphatic heterocycles. The molecule has 1 aromatic rings. The maximum Gasteiger partial charge on any atom is 0.106 e. The average molecular weight is 334 g/mol. The topological polar surface area (TPSA) is 59.3 Å². The summed E-state index contributed by atoms with van der Waals surface area (Å²) in [4.78, 5) is 0. The molecule has 0 fully saturated rings. The summed E-state index contributed by atoms with van der Waals surface area (Å²) in [6, 6.07) is 0. The highest BCUT2D eigenvalue weighted by atomic mass is 79.9. The molecular weight excluding hydrogens is 310 g/mol. The first-order valence-electron chi connectivity index (χ1n) is 6.66. The number of halogens is 1. The van der Waals surface area contributed by atoms with E-state index in [9.17, 15) is 5.11 Å². The van der Waals surface area contributed by atoms with Crippen LogP contribution < -0.4 is 5.32 Å². The normalized spacial score (nSPS) is 14.6. The van der Waals surface area contributed by atoms with Crippen LogP contribution in [0.25, 0.3) is 0 Å². The van der Waals surface area contributed by atoms with E-state index < -0.39 is 5.60 Å². The van der Waals surface area contributed by atoms with Crippen LogP contribution in [0.4, 0.5) is 0 Å². The van der Waals surface area contributed by atoms with Crippen molar-refractivity contribution in [2.45, 2.75) is 38.8 Å². The Hall–Kier alpha value is -0.430. The smallest absolute Gasteiger partial charge is 0.106 e. The zero-order valence-electron chi connectivity index (χ0n) is 11.9. The monoisotopic (exact) mass is 333 g/mol. The predicted molar refractivity (Wildman–Crippen MR) is 79.2 cm³/mol. The number of aliphatic hydroxyl groups is 1. The molecule has 0 aromatic carbocycles. The Balaban J connectivity index is 2.62. The minimum atomic E-state index is -0.898. The van der Waals surface area contributed by atoms with E-state index in [1.54, 1.807) is 13.3 Å². The Morgan fingerprint density at radius 1 is 1.53 bits per heavy atom. The first kappa shape index (κ1) is 16.6.